The maximum Gasteiger partial charge on any atom is 0.258 e. The second kappa shape index (κ2) is 8.72. The van der Waals surface area contributed by atoms with Gasteiger partial charge >= 0.3 is 0 Å². The van der Waals surface area contributed by atoms with Crippen molar-refractivity contribution in [2.75, 3.05) is 32.7 Å². The molecule has 146 valence electrons. The Kier molecular flexibility index (Phi) is 6.11. The van der Waals surface area contributed by atoms with E-state index in [4.69, 9.17) is 16.1 Å². The Bertz CT molecular complexity index is 741. The van der Waals surface area contributed by atoms with Crippen LogP contribution in [0.4, 0.5) is 0 Å². The molecule has 2 aromatic rings. The Morgan fingerprint density at radius 2 is 2.00 bits per heavy atom. The van der Waals surface area contributed by atoms with E-state index in [9.17, 15) is 0 Å². The number of rotatable bonds is 5. The molecule has 5 nitrogen and oxygen atoms in total. The first kappa shape index (κ1) is 18.9. The first-order chi connectivity index (χ1) is 13.2. The Balaban J connectivity index is 1.31. The van der Waals surface area contributed by atoms with Crippen molar-refractivity contribution in [3.8, 4) is 11.5 Å². The minimum Gasteiger partial charge on any atom is -0.334 e. The summed E-state index contributed by atoms with van der Waals surface area (Å²) in [5.41, 5.74) is 0.872. The van der Waals surface area contributed by atoms with Gasteiger partial charge in [-0.15, -0.1) is 0 Å². The molecule has 6 heteroatoms. The van der Waals surface area contributed by atoms with Crippen LogP contribution in [-0.2, 0) is 6.54 Å². The van der Waals surface area contributed by atoms with Crippen molar-refractivity contribution in [2.24, 2.45) is 11.8 Å². The van der Waals surface area contributed by atoms with E-state index >= 15 is 0 Å². The molecule has 4 rings (SSSR count). The van der Waals surface area contributed by atoms with E-state index in [0.29, 0.717) is 10.9 Å². The fourth-order valence-electron chi connectivity index (χ4n) is 4.31. The van der Waals surface area contributed by atoms with Gasteiger partial charge in [0.1, 0.15) is 0 Å². The predicted octanol–water partition coefficient (Wildman–Crippen LogP) is 4.33. The van der Waals surface area contributed by atoms with Gasteiger partial charge in [-0.1, -0.05) is 29.7 Å². The highest BCUT2D eigenvalue weighted by Crippen LogP contribution is 2.24. The van der Waals surface area contributed by atoms with E-state index < -0.39 is 0 Å². The van der Waals surface area contributed by atoms with Gasteiger partial charge in [-0.25, -0.2) is 0 Å². The maximum atomic E-state index is 6.06. The monoisotopic (exact) mass is 388 g/mol. The summed E-state index contributed by atoms with van der Waals surface area (Å²) in [7, 11) is 0. The number of likely N-dealkylation sites (tertiary alicyclic amines) is 2. The summed E-state index contributed by atoms with van der Waals surface area (Å²) in [6, 6.07) is 7.55. The van der Waals surface area contributed by atoms with Crippen LogP contribution in [0.1, 0.15) is 38.4 Å². The van der Waals surface area contributed by atoms with Crippen molar-refractivity contribution in [3.63, 3.8) is 0 Å². The van der Waals surface area contributed by atoms with E-state index in [0.717, 1.165) is 42.9 Å². The average Bonchev–Trinajstić information content (AvgIpc) is 3.12. The lowest BCUT2D eigenvalue weighted by molar-refractivity contribution is 0.107. The van der Waals surface area contributed by atoms with E-state index in [1.54, 1.807) is 0 Å². The first-order valence-corrected chi connectivity index (χ1v) is 10.6. The molecule has 3 heterocycles. The number of halogens is 1. The van der Waals surface area contributed by atoms with Gasteiger partial charge in [-0.05, 0) is 75.4 Å². The topological polar surface area (TPSA) is 45.4 Å². The van der Waals surface area contributed by atoms with Crippen LogP contribution in [-0.4, -0.2) is 52.7 Å². The summed E-state index contributed by atoms with van der Waals surface area (Å²) in [5, 5.41) is 4.86. The Morgan fingerprint density at radius 1 is 1.15 bits per heavy atom. The average molecular weight is 389 g/mol. The molecule has 27 heavy (non-hydrogen) atoms. The predicted molar refractivity (Wildman–Crippen MR) is 108 cm³/mol. The second-order valence-electron chi connectivity index (χ2n) is 8.25. The molecular weight excluding hydrogens is 360 g/mol. The molecule has 2 aliphatic rings. The van der Waals surface area contributed by atoms with Crippen LogP contribution in [0.2, 0.25) is 5.02 Å². The molecule has 2 aliphatic heterocycles. The highest BCUT2D eigenvalue weighted by Gasteiger charge is 2.25. The summed E-state index contributed by atoms with van der Waals surface area (Å²) in [5.74, 6) is 2.96. The van der Waals surface area contributed by atoms with Crippen LogP contribution in [0.25, 0.3) is 11.5 Å². The van der Waals surface area contributed by atoms with Crippen LogP contribution in [0, 0.1) is 11.8 Å². The zero-order valence-corrected chi connectivity index (χ0v) is 16.9. The van der Waals surface area contributed by atoms with Crippen molar-refractivity contribution in [2.45, 2.75) is 39.2 Å². The quantitative estimate of drug-likeness (QED) is 0.762. The molecule has 0 N–H and O–H groups in total. The molecule has 0 saturated carbocycles. The Labute approximate surface area is 166 Å². The van der Waals surface area contributed by atoms with Crippen molar-refractivity contribution in [3.05, 3.63) is 35.1 Å². The number of hydrogen-bond donors (Lipinski definition) is 0. The molecule has 1 atom stereocenters. The summed E-state index contributed by atoms with van der Waals surface area (Å²) < 4.78 is 5.45. The van der Waals surface area contributed by atoms with Crippen LogP contribution in [0.5, 0.6) is 0 Å². The molecule has 2 fully saturated rings. The number of hydrogen-bond acceptors (Lipinski definition) is 5. The summed E-state index contributed by atoms with van der Waals surface area (Å²) in [6.07, 6.45) is 5.30. The van der Waals surface area contributed by atoms with Gasteiger partial charge in [0.25, 0.3) is 5.89 Å². The van der Waals surface area contributed by atoms with Crippen molar-refractivity contribution >= 4 is 11.6 Å². The van der Waals surface area contributed by atoms with Gasteiger partial charge in [-0.3, -0.25) is 4.90 Å². The molecule has 0 bridgehead atoms. The summed E-state index contributed by atoms with van der Waals surface area (Å²) in [4.78, 5) is 9.72. The van der Waals surface area contributed by atoms with Crippen LogP contribution in [0.3, 0.4) is 0 Å². The maximum absolute atomic E-state index is 6.06. The minimum absolute atomic E-state index is 0.545. The van der Waals surface area contributed by atoms with Gasteiger partial charge in [0, 0.05) is 23.7 Å². The van der Waals surface area contributed by atoms with E-state index in [-0.39, 0.29) is 0 Å². The summed E-state index contributed by atoms with van der Waals surface area (Å²) >= 11 is 6.06. The summed E-state index contributed by atoms with van der Waals surface area (Å²) in [6.45, 7) is 9.17. The standard InChI is InChI=1S/C21H29ClN4O/c1-16-7-10-25(11-8-16)13-17-4-3-9-26(14-17)15-20-23-21(27-24-20)18-5-2-6-19(22)12-18/h2,5-6,12,16-17H,3-4,7-11,13-15H2,1H3/t17-/m1/s1. The molecule has 0 spiro atoms. The molecular formula is C21H29ClN4O. The molecule has 1 aromatic heterocycles. The lowest BCUT2D eigenvalue weighted by atomic mass is 9.94. The number of aromatic nitrogens is 2. The highest BCUT2D eigenvalue weighted by atomic mass is 35.5. The van der Waals surface area contributed by atoms with Crippen molar-refractivity contribution in [1.29, 1.82) is 0 Å². The lowest BCUT2D eigenvalue weighted by Crippen LogP contribution is -2.43. The van der Waals surface area contributed by atoms with E-state index in [1.807, 2.05) is 24.3 Å². The molecule has 1 aromatic carbocycles. The SMILES string of the molecule is CC1CCN(C[C@H]2CCCN(Cc3noc(-c4cccc(Cl)c4)n3)C2)CC1. The van der Waals surface area contributed by atoms with E-state index in [2.05, 4.69) is 26.9 Å². The zero-order chi connectivity index (χ0) is 18.6. The Hall–Kier alpha value is -1.43. The normalized spacial score (nSPS) is 23.0. The largest absolute Gasteiger partial charge is 0.334 e. The third-order valence-electron chi connectivity index (χ3n) is 5.90. The minimum atomic E-state index is 0.545. The fourth-order valence-corrected chi connectivity index (χ4v) is 4.50. The molecule has 0 unspecified atom stereocenters. The molecule has 0 aliphatic carbocycles. The van der Waals surface area contributed by atoms with Crippen LogP contribution in [0.15, 0.2) is 28.8 Å². The number of piperidine rings is 2. The van der Waals surface area contributed by atoms with Crippen LogP contribution < -0.4 is 0 Å². The zero-order valence-electron chi connectivity index (χ0n) is 16.1. The third kappa shape index (κ3) is 5.09. The van der Waals surface area contributed by atoms with Crippen molar-refractivity contribution in [1.82, 2.24) is 19.9 Å². The lowest BCUT2D eigenvalue weighted by Gasteiger charge is -2.37. The van der Waals surface area contributed by atoms with Gasteiger partial charge in [0.15, 0.2) is 5.82 Å². The second-order valence-corrected chi connectivity index (χ2v) is 8.69. The van der Waals surface area contributed by atoms with E-state index in [1.165, 1.54) is 45.3 Å². The fraction of sp³-hybridized carbons (Fsp3) is 0.619. The van der Waals surface area contributed by atoms with Crippen LogP contribution >= 0.6 is 11.6 Å². The van der Waals surface area contributed by atoms with Gasteiger partial charge in [-0.2, -0.15) is 4.98 Å². The molecule has 2 saturated heterocycles. The van der Waals surface area contributed by atoms with Gasteiger partial charge < -0.3 is 9.42 Å². The smallest absolute Gasteiger partial charge is 0.258 e. The molecule has 0 radical (unpaired) electrons. The number of benzene rings is 1. The first-order valence-electron chi connectivity index (χ1n) is 10.2. The van der Waals surface area contributed by atoms with Gasteiger partial charge in [0.05, 0.1) is 6.54 Å². The van der Waals surface area contributed by atoms with Gasteiger partial charge in [0.2, 0.25) is 0 Å². The van der Waals surface area contributed by atoms with Crippen molar-refractivity contribution < 1.29 is 4.52 Å². The third-order valence-corrected chi connectivity index (χ3v) is 6.14. The Morgan fingerprint density at radius 3 is 2.81 bits per heavy atom. The number of nitrogens with zero attached hydrogens (tertiary/aromatic N) is 4. The highest BCUT2D eigenvalue weighted by molar-refractivity contribution is 6.30. The molecule has 0 amide bonds.